The lowest BCUT2D eigenvalue weighted by Crippen LogP contribution is -1.98. The predicted molar refractivity (Wildman–Crippen MR) is 111 cm³/mol. The number of benzene rings is 3. The maximum Gasteiger partial charge on any atom is 0.125 e. The first kappa shape index (κ1) is 16.6. The molecule has 5 rings (SSSR count). The Balaban J connectivity index is 1.91. The third kappa shape index (κ3) is 2.57. The average Bonchev–Trinajstić information content (AvgIpc) is 3.10. The van der Waals surface area contributed by atoms with Crippen LogP contribution in [0, 0.1) is 19.7 Å². The lowest BCUT2D eigenvalue weighted by atomic mass is 10.1. The van der Waals surface area contributed by atoms with Crippen LogP contribution in [0.4, 0.5) is 4.39 Å². The number of fused-ring (bicyclic) bond motifs is 3. The van der Waals surface area contributed by atoms with Gasteiger partial charge in [-0.25, -0.2) is 9.07 Å². The van der Waals surface area contributed by atoms with Crippen molar-refractivity contribution in [3.63, 3.8) is 0 Å². The van der Waals surface area contributed by atoms with E-state index in [1.165, 1.54) is 23.3 Å². The monoisotopic (exact) mass is 367 g/mol. The smallest absolute Gasteiger partial charge is 0.125 e. The van der Waals surface area contributed by atoms with E-state index in [4.69, 9.17) is 5.10 Å². The third-order valence-corrected chi connectivity index (χ3v) is 5.25. The number of rotatable bonds is 2. The van der Waals surface area contributed by atoms with Crippen molar-refractivity contribution in [2.24, 2.45) is 0 Å². The number of nitrogens with zero attached hydrogens (tertiary/aromatic N) is 3. The molecule has 0 amide bonds. The molecule has 0 aliphatic carbocycles. The van der Waals surface area contributed by atoms with Crippen LogP contribution in [0.25, 0.3) is 38.8 Å². The molecule has 0 aliphatic rings. The molecule has 5 aromatic rings. The molecule has 4 heteroatoms. The molecule has 0 atom stereocenters. The van der Waals surface area contributed by atoms with Crippen molar-refractivity contribution in [2.45, 2.75) is 13.8 Å². The zero-order valence-electron chi connectivity index (χ0n) is 15.6. The summed E-state index contributed by atoms with van der Waals surface area (Å²) in [6.07, 6.45) is 1.80. The van der Waals surface area contributed by atoms with E-state index in [2.05, 4.69) is 37.0 Å². The number of aromatic nitrogens is 3. The van der Waals surface area contributed by atoms with E-state index in [1.54, 1.807) is 12.3 Å². The highest BCUT2D eigenvalue weighted by atomic mass is 19.1. The molecule has 28 heavy (non-hydrogen) atoms. The number of halogens is 1. The fourth-order valence-corrected chi connectivity index (χ4v) is 3.61. The summed E-state index contributed by atoms with van der Waals surface area (Å²) in [7, 11) is 0. The second kappa shape index (κ2) is 6.27. The van der Waals surface area contributed by atoms with Crippen molar-refractivity contribution in [3.8, 4) is 16.9 Å². The molecular weight excluding hydrogens is 349 g/mol. The van der Waals surface area contributed by atoms with E-state index in [9.17, 15) is 4.39 Å². The minimum absolute atomic E-state index is 0.292. The van der Waals surface area contributed by atoms with Gasteiger partial charge in [0.1, 0.15) is 11.5 Å². The van der Waals surface area contributed by atoms with Gasteiger partial charge in [-0.15, -0.1) is 0 Å². The molecule has 0 saturated heterocycles. The highest BCUT2D eigenvalue weighted by Crippen LogP contribution is 2.34. The van der Waals surface area contributed by atoms with E-state index in [1.807, 2.05) is 35.0 Å². The van der Waals surface area contributed by atoms with Crippen molar-refractivity contribution in [3.05, 3.63) is 89.9 Å². The van der Waals surface area contributed by atoms with Gasteiger partial charge in [-0.3, -0.25) is 4.98 Å². The van der Waals surface area contributed by atoms with Crippen LogP contribution in [0.15, 0.2) is 72.9 Å². The zero-order chi connectivity index (χ0) is 19.3. The Morgan fingerprint density at radius 2 is 1.64 bits per heavy atom. The highest BCUT2D eigenvalue weighted by molar-refractivity contribution is 6.08. The zero-order valence-corrected chi connectivity index (χ0v) is 15.6. The highest BCUT2D eigenvalue weighted by Gasteiger charge is 2.17. The first-order valence-corrected chi connectivity index (χ1v) is 9.22. The maximum atomic E-state index is 13.8. The lowest BCUT2D eigenvalue weighted by Gasteiger charge is -2.08. The first-order chi connectivity index (χ1) is 13.6. The van der Waals surface area contributed by atoms with Crippen molar-refractivity contribution in [1.29, 1.82) is 0 Å². The summed E-state index contributed by atoms with van der Waals surface area (Å²) in [4.78, 5) is 4.50. The van der Waals surface area contributed by atoms with Crippen molar-refractivity contribution < 1.29 is 4.39 Å². The van der Waals surface area contributed by atoms with Gasteiger partial charge < -0.3 is 0 Å². The quantitative estimate of drug-likeness (QED) is 0.383. The standard InChI is InChI=1S/C24H18FN3/c1-15-8-10-19(12-16(15)2)28-24-20-11-9-18(25)13-22(20)26-14-21(24)23(27-28)17-6-4-3-5-7-17/h3-14H,1-2H3. The van der Waals surface area contributed by atoms with Crippen LogP contribution < -0.4 is 0 Å². The first-order valence-electron chi connectivity index (χ1n) is 9.22. The Hall–Kier alpha value is -3.53. The molecule has 0 saturated carbocycles. The Morgan fingerprint density at radius 1 is 0.821 bits per heavy atom. The molecule has 3 nitrogen and oxygen atoms in total. The molecular formula is C24H18FN3. The average molecular weight is 367 g/mol. The molecule has 2 heterocycles. The van der Waals surface area contributed by atoms with Gasteiger partial charge in [0.15, 0.2) is 0 Å². The minimum Gasteiger partial charge on any atom is -0.255 e. The van der Waals surface area contributed by atoms with Crippen LogP contribution in [0.1, 0.15) is 11.1 Å². The SMILES string of the molecule is Cc1ccc(-n2nc(-c3ccccc3)c3cnc4cc(F)ccc4c32)cc1C. The van der Waals surface area contributed by atoms with Crippen LogP contribution in [0.2, 0.25) is 0 Å². The summed E-state index contributed by atoms with van der Waals surface area (Å²) in [5, 5.41) is 6.79. The molecule has 2 aromatic heterocycles. The summed E-state index contributed by atoms with van der Waals surface area (Å²) in [5.74, 6) is -0.292. The fraction of sp³-hybridized carbons (Fsp3) is 0.0833. The largest absolute Gasteiger partial charge is 0.255 e. The molecule has 3 aromatic carbocycles. The van der Waals surface area contributed by atoms with Crippen molar-refractivity contribution >= 4 is 21.8 Å². The van der Waals surface area contributed by atoms with Gasteiger partial charge >= 0.3 is 0 Å². The van der Waals surface area contributed by atoms with Gasteiger partial charge in [-0.2, -0.15) is 5.10 Å². The summed E-state index contributed by atoms with van der Waals surface area (Å²) >= 11 is 0. The van der Waals surface area contributed by atoms with E-state index in [0.717, 1.165) is 33.2 Å². The topological polar surface area (TPSA) is 30.7 Å². The molecule has 0 fully saturated rings. The Bertz CT molecular complexity index is 1340. The van der Waals surface area contributed by atoms with E-state index >= 15 is 0 Å². The van der Waals surface area contributed by atoms with E-state index < -0.39 is 0 Å². The Kier molecular flexibility index (Phi) is 3.72. The summed E-state index contributed by atoms with van der Waals surface area (Å²) < 4.78 is 15.7. The minimum atomic E-state index is -0.292. The third-order valence-electron chi connectivity index (χ3n) is 5.25. The summed E-state index contributed by atoms with van der Waals surface area (Å²) in [6.45, 7) is 4.19. The van der Waals surface area contributed by atoms with Crippen LogP contribution in [-0.4, -0.2) is 14.8 Å². The van der Waals surface area contributed by atoms with E-state index in [0.29, 0.717) is 5.52 Å². The lowest BCUT2D eigenvalue weighted by molar-refractivity contribution is 0.629. The maximum absolute atomic E-state index is 13.8. The predicted octanol–water partition coefficient (Wildman–Crippen LogP) is 6.00. The van der Waals surface area contributed by atoms with Crippen molar-refractivity contribution in [2.75, 3.05) is 0 Å². The molecule has 0 unspecified atom stereocenters. The second-order valence-electron chi connectivity index (χ2n) is 7.08. The Morgan fingerprint density at radius 3 is 2.43 bits per heavy atom. The van der Waals surface area contributed by atoms with Gasteiger partial charge in [0.2, 0.25) is 0 Å². The summed E-state index contributed by atoms with van der Waals surface area (Å²) in [6, 6.07) is 21.1. The fourth-order valence-electron chi connectivity index (χ4n) is 3.61. The van der Waals surface area contributed by atoms with Gasteiger partial charge in [0.25, 0.3) is 0 Å². The van der Waals surface area contributed by atoms with Crippen molar-refractivity contribution in [1.82, 2.24) is 14.8 Å². The number of hydrogen-bond acceptors (Lipinski definition) is 2. The molecule has 0 aliphatic heterocycles. The normalized spacial score (nSPS) is 11.4. The van der Waals surface area contributed by atoms with Crippen LogP contribution >= 0.6 is 0 Å². The molecule has 0 bridgehead atoms. The number of pyridine rings is 1. The van der Waals surface area contributed by atoms with Gasteiger partial charge in [-0.05, 0) is 49.2 Å². The van der Waals surface area contributed by atoms with Gasteiger partial charge in [0.05, 0.1) is 16.7 Å². The molecule has 0 radical (unpaired) electrons. The molecule has 136 valence electrons. The molecule has 0 spiro atoms. The second-order valence-corrected chi connectivity index (χ2v) is 7.08. The molecule has 0 N–H and O–H groups in total. The number of aryl methyl sites for hydroxylation is 2. The van der Waals surface area contributed by atoms with Gasteiger partial charge in [0, 0.05) is 28.6 Å². The number of hydrogen-bond donors (Lipinski definition) is 0. The van der Waals surface area contributed by atoms with Crippen LogP contribution in [0.5, 0.6) is 0 Å². The van der Waals surface area contributed by atoms with Crippen LogP contribution in [0.3, 0.4) is 0 Å². The van der Waals surface area contributed by atoms with Gasteiger partial charge in [-0.1, -0.05) is 36.4 Å². The summed E-state index contributed by atoms with van der Waals surface area (Å²) in [5.41, 5.74) is 6.87. The van der Waals surface area contributed by atoms with Crippen LogP contribution in [-0.2, 0) is 0 Å². The van der Waals surface area contributed by atoms with E-state index in [-0.39, 0.29) is 5.82 Å². The Labute approximate surface area is 162 Å².